The maximum absolute atomic E-state index is 13.0. The number of morpholine rings is 1. The van der Waals surface area contributed by atoms with E-state index in [1.54, 1.807) is 6.20 Å². The average molecular weight is 372 g/mol. The predicted molar refractivity (Wildman–Crippen MR) is 98.9 cm³/mol. The van der Waals surface area contributed by atoms with Crippen molar-refractivity contribution in [2.75, 3.05) is 26.2 Å². The zero-order chi connectivity index (χ0) is 18.8. The van der Waals surface area contributed by atoms with E-state index in [9.17, 15) is 9.59 Å². The number of fused-ring (bicyclic) bond motifs is 1. The Hall–Kier alpha value is -2.02. The summed E-state index contributed by atoms with van der Waals surface area (Å²) >= 11 is 0. The highest BCUT2D eigenvalue weighted by atomic mass is 16.5. The first-order valence-corrected chi connectivity index (χ1v) is 10.1. The monoisotopic (exact) mass is 372 g/mol. The Kier molecular flexibility index (Phi) is 5.38. The summed E-state index contributed by atoms with van der Waals surface area (Å²) in [5.74, 6) is 1.01. The van der Waals surface area contributed by atoms with Gasteiger partial charge in [-0.05, 0) is 38.0 Å². The number of nitrogens with zero attached hydrogens (tertiary/aromatic N) is 4. The summed E-state index contributed by atoms with van der Waals surface area (Å²) in [7, 11) is 0. The van der Waals surface area contributed by atoms with Crippen LogP contribution in [0.3, 0.4) is 0 Å². The number of carbonyl (C=O) groups excluding carboxylic acids is 2. The standard InChI is InChI=1S/C20H28N4O3/c1-14-2-4-15(5-3-14)19(25)23-9-6-18-17(13-23)24(10-11-27-18)20(26)16-12-21-7-8-22-16/h7-8,12,14-15,17-18H,2-6,9-11,13H2,1H3/t14?,15?,17-,18-/m0/s1. The minimum atomic E-state index is -0.123. The van der Waals surface area contributed by atoms with E-state index in [1.807, 2.05) is 9.80 Å². The van der Waals surface area contributed by atoms with E-state index < -0.39 is 0 Å². The first kappa shape index (κ1) is 18.3. The van der Waals surface area contributed by atoms with Crippen molar-refractivity contribution in [2.45, 2.75) is 51.2 Å². The molecule has 0 unspecified atom stereocenters. The van der Waals surface area contributed by atoms with Gasteiger partial charge in [0.25, 0.3) is 5.91 Å². The fourth-order valence-electron chi connectivity index (χ4n) is 4.65. The van der Waals surface area contributed by atoms with Crippen molar-refractivity contribution in [1.29, 1.82) is 0 Å². The summed E-state index contributed by atoms with van der Waals surface area (Å²) in [6, 6.07) is -0.103. The molecule has 1 aromatic heterocycles. The van der Waals surface area contributed by atoms with Crippen LogP contribution in [0.4, 0.5) is 0 Å². The van der Waals surface area contributed by atoms with Crippen molar-refractivity contribution in [1.82, 2.24) is 19.8 Å². The predicted octanol–water partition coefficient (Wildman–Crippen LogP) is 1.74. The number of likely N-dealkylation sites (tertiary alicyclic amines) is 1. The molecule has 3 heterocycles. The van der Waals surface area contributed by atoms with Gasteiger partial charge in [-0.3, -0.25) is 14.6 Å². The lowest BCUT2D eigenvalue weighted by Crippen LogP contribution is -2.62. The minimum Gasteiger partial charge on any atom is -0.374 e. The number of aromatic nitrogens is 2. The van der Waals surface area contributed by atoms with Crippen LogP contribution in [-0.4, -0.2) is 70.0 Å². The number of amides is 2. The summed E-state index contributed by atoms with van der Waals surface area (Å²) < 4.78 is 5.92. The second-order valence-electron chi connectivity index (χ2n) is 8.10. The van der Waals surface area contributed by atoms with Gasteiger partial charge in [-0.1, -0.05) is 6.92 Å². The summed E-state index contributed by atoms with van der Waals surface area (Å²) in [5, 5.41) is 0. The van der Waals surface area contributed by atoms with Crippen molar-refractivity contribution >= 4 is 11.8 Å². The average Bonchev–Trinajstić information content (AvgIpc) is 2.73. The molecule has 2 amide bonds. The van der Waals surface area contributed by atoms with Gasteiger partial charge < -0.3 is 14.5 Å². The van der Waals surface area contributed by atoms with Crippen molar-refractivity contribution in [3.63, 3.8) is 0 Å². The Morgan fingerprint density at radius 2 is 1.93 bits per heavy atom. The van der Waals surface area contributed by atoms with Gasteiger partial charge in [0, 0.05) is 37.9 Å². The SMILES string of the molecule is CC1CCC(C(=O)N2CC[C@@H]3OCCN(C(=O)c4cnccn4)[C@H]3C2)CC1. The van der Waals surface area contributed by atoms with Crippen LogP contribution < -0.4 is 0 Å². The quantitative estimate of drug-likeness (QED) is 0.790. The van der Waals surface area contributed by atoms with E-state index >= 15 is 0 Å². The van der Waals surface area contributed by atoms with Gasteiger partial charge in [0.1, 0.15) is 5.69 Å². The normalized spacial score (nSPS) is 31.3. The maximum atomic E-state index is 13.0. The zero-order valence-corrected chi connectivity index (χ0v) is 15.9. The molecule has 7 nitrogen and oxygen atoms in total. The fraction of sp³-hybridized carbons (Fsp3) is 0.700. The van der Waals surface area contributed by atoms with E-state index in [1.165, 1.54) is 12.4 Å². The van der Waals surface area contributed by atoms with Gasteiger partial charge in [-0.15, -0.1) is 0 Å². The Balaban J connectivity index is 1.46. The van der Waals surface area contributed by atoms with Crippen molar-refractivity contribution < 1.29 is 14.3 Å². The van der Waals surface area contributed by atoms with E-state index in [2.05, 4.69) is 16.9 Å². The van der Waals surface area contributed by atoms with E-state index in [-0.39, 0.29) is 29.9 Å². The lowest BCUT2D eigenvalue weighted by atomic mass is 9.82. The third-order valence-electron chi connectivity index (χ3n) is 6.30. The highest BCUT2D eigenvalue weighted by molar-refractivity contribution is 5.92. The molecule has 1 aromatic rings. The highest BCUT2D eigenvalue weighted by Crippen LogP contribution is 2.31. The summed E-state index contributed by atoms with van der Waals surface area (Å²) in [6.07, 6.45) is 9.62. The van der Waals surface area contributed by atoms with Gasteiger partial charge in [-0.25, -0.2) is 4.98 Å². The van der Waals surface area contributed by atoms with Crippen LogP contribution in [0.25, 0.3) is 0 Å². The molecule has 3 fully saturated rings. The van der Waals surface area contributed by atoms with E-state index in [0.29, 0.717) is 25.4 Å². The van der Waals surface area contributed by atoms with Gasteiger partial charge in [0.05, 0.1) is 24.9 Å². The van der Waals surface area contributed by atoms with Crippen LogP contribution in [0.5, 0.6) is 0 Å². The smallest absolute Gasteiger partial charge is 0.274 e. The molecule has 27 heavy (non-hydrogen) atoms. The number of carbonyl (C=O) groups is 2. The molecular weight excluding hydrogens is 344 g/mol. The van der Waals surface area contributed by atoms with Gasteiger partial charge in [-0.2, -0.15) is 0 Å². The van der Waals surface area contributed by atoms with Crippen LogP contribution in [0.1, 0.15) is 49.5 Å². The number of piperidine rings is 1. The molecule has 0 aromatic carbocycles. The second-order valence-corrected chi connectivity index (χ2v) is 8.10. The topological polar surface area (TPSA) is 75.6 Å². The Morgan fingerprint density at radius 3 is 2.67 bits per heavy atom. The number of hydrogen-bond donors (Lipinski definition) is 0. The van der Waals surface area contributed by atoms with Crippen LogP contribution in [0, 0.1) is 11.8 Å². The van der Waals surface area contributed by atoms with Crippen molar-refractivity contribution in [2.24, 2.45) is 11.8 Å². The molecule has 0 spiro atoms. The fourth-order valence-corrected chi connectivity index (χ4v) is 4.65. The van der Waals surface area contributed by atoms with Crippen LogP contribution in [0.15, 0.2) is 18.6 Å². The summed E-state index contributed by atoms with van der Waals surface area (Å²) in [5.41, 5.74) is 0.350. The molecule has 4 rings (SSSR count). The molecule has 1 saturated carbocycles. The minimum absolute atomic E-state index is 0.00482. The molecule has 146 valence electrons. The van der Waals surface area contributed by atoms with Crippen LogP contribution in [-0.2, 0) is 9.53 Å². The first-order valence-electron chi connectivity index (χ1n) is 10.1. The second kappa shape index (κ2) is 7.92. The Labute approximate surface area is 160 Å². The molecule has 0 radical (unpaired) electrons. The van der Waals surface area contributed by atoms with Crippen LogP contribution in [0.2, 0.25) is 0 Å². The first-order chi connectivity index (χ1) is 13.1. The van der Waals surface area contributed by atoms with Crippen molar-refractivity contribution in [3.8, 4) is 0 Å². The number of rotatable bonds is 2. The number of ether oxygens (including phenoxy) is 1. The maximum Gasteiger partial charge on any atom is 0.274 e. The van der Waals surface area contributed by atoms with Gasteiger partial charge in [0.15, 0.2) is 0 Å². The third-order valence-corrected chi connectivity index (χ3v) is 6.30. The molecule has 7 heteroatoms. The zero-order valence-electron chi connectivity index (χ0n) is 15.9. The van der Waals surface area contributed by atoms with Gasteiger partial charge in [0.2, 0.25) is 5.91 Å². The molecule has 1 aliphatic carbocycles. The summed E-state index contributed by atoms with van der Waals surface area (Å²) in [4.78, 5) is 37.9. The Bertz CT molecular complexity index is 675. The molecule has 3 aliphatic rings. The lowest BCUT2D eigenvalue weighted by molar-refractivity contribution is -0.145. The van der Waals surface area contributed by atoms with Crippen molar-refractivity contribution in [3.05, 3.63) is 24.3 Å². The largest absolute Gasteiger partial charge is 0.374 e. The van der Waals surface area contributed by atoms with Gasteiger partial charge >= 0.3 is 0 Å². The summed E-state index contributed by atoms with van der Waals surface area (Å²) in [6.45, 7) is 4.60. The molecule has 2 saturated heterocycles. The molecular formula is C20H28N4O3. The van der Waals surface area contributed by atoms with E-state index in [0.717, 1.165) is 44.6 Å². The number of hydrogen-bond acceptors (Lipinski definition) is 5. The highest BCUT2D eigenvalue weighted by Gasteiger charge is 2.42. The molecule has 0 bridgehead atoms. The Morgan fingerprint density at radius 1 is 1.11 bits per heavy atom. The molecule has 2 aliphatic heterocycles. The van der Waals surface area contributed by atoms with E-state index in [4.69, 9.17) is 4.74 Å². The third kappa shape index (κ3) is 3.83. The molecule has 0 N–H and O–H groups in total. The molecule has 2 atom stereocenters. The lowest BCUT2D eigenvalue weighted by Gasteiger charge is -2.47. The van der Waals surface area contributed by atoms with Crippen LogP contribution >= 0.6 is 0 Å².